The minimum absolute atomic E-state index is 0. The number of hydrogen-bond acceptors (Lipinski definition) is 4. The molecule has 2 rings (SSSR count). The standard InChI is InChI=1S/C15H12F6N2O2.Ce/c16-14(17,18)12-5-8(1-3-22-12)10(24)7-11(25)9-2-4-23-13(6-9)15(19,20)21;/h1-6,10-11,24-25H,7H2;. The van der Waals surface area contributed by atoms with E-state index in [-0.39, 0.29) is 52.9 Å². The molecule has 0 spiro atoms. The Balaban J connectivity index is 0.00000338. The van der Waals surface area contributed by atoms with Crippen molar-refractivity contribution >= 4 is 0 Å². The second-order valence-corrected chi connectivity index (χ2v) is 5.21. The van der Waals surface area contributed by atoms with Crippen LogP contribution >= 0.6 is 0 Å². The molecule has 0 amide bonds. The third kappa shape index (κ3) is 6.11. The number of nitrogens with zero attached hydrogens (tertiary/aromatic N) is 2. The normalized spacial score (nSPS) is 14.5. The van der Waals surface area contributed by atoms with Gasteiger partial charge >= 0.3 is 12.4 Å². The maximum Gasteiger partial charge on any atom is 0.433 e. The van der Waals surface area contributed by atoms with Gasteiger partial charge in [0.1, 0.15) is 11.4 Å². The minimum atomic E-state index is -4.71. The quantitative estimate of drug-likeness (QED) is 0.622. The summed E-state index contributed by atoms with van der Waals surface area (Å²) in [7, 11) is 0. The van der Waals surface area contributed by atoms with Crippen molar-refractivity contribution in [1.82, 2.24) is 9.97 Å². The number of aliphatic hydroxyl groups is 2. The molecule has 2 aromatic rings. The van der Waals surface area contributed by atoms with Gasteiger partial charge in [0, 0.05) is 60.6 Å². The molecular formula is C15H12CeF6N2O2. The topological polar surface area (TPSA) is 66.2 Å². The van der Waals surface area contributed by atoms with Crippen molar-refractivity contribution in [3.05, 3.63) is 59.2 Å². The summed E-state index contributed by atoms with van der Waals surface area (Å²) in [6.45, 7) is 0. The summed E-state index contributed by atoms with van der Waals surface area (Å²) >= 11 is 0. The number of hydrogen-bond donors (Lipinski definition) is 2. The molecule has 0 bridgehead atoms. The maximum absolute atomic E-state index is 12.6. The predicted molar refractivity (Wildman–Crippen MR) is 73.0 cm³/mol. The molecule has 0 aliphatic heterocycles. The largest absolute Gasteiger partial charge is 0.433 e. The SMILES string of the molecule is OC(CC(O)c1ccnc(C(F)(F)F)c1)c1ccnc(C(F)(F)F)c1.[Ce]. The van der Waals surface area contributed by atoms with Gasteiger partial charge in [-0.3, -0.25) is 9.97 Å². The van der Waals surface area contributed by atoms with Crippen molar-refractivity contribution in [2.24, 2.45) is 0 Å². The summed E-state index contributed by atoms with van der Waals surface area (Å²) < 4.78 is 75.6. The molecule has 140 valence electrons. The summed E-state index contributed by atoms with van der Waals surface area (Å²) in [6, 6.07) is 3.48. The molecule has 0 aromatic carbocycles. The van der Waals surface area contributed by atoms with E-state index in [0.29, 0.717) is 12.1 Å². The van der Waals surface area contributed by atoms with Crippen molar-refractivity contribution in [3.63, 3.8) is 0 Å². The molecule has 2 N–H and O–H groups in total. The summed E-state index contributed by atoms with van der Waals surface area (Å²) in [4.78, 5) is 6.27. The van der Waals surface area contributed by atoms with Crippen LogP contribution in [0.3, 0.4) is 0 Å². The van der Waals surface area contributed by atoms with Crippen molar-refractivity contribution in [3.8, 4) is 0 Å². The van der Waals surface area contributed by atoms with Gasteiger partial charge in [-0.2, -0.15) is 26.3 Å². The van der Waals surface area contributed by atoms with Gasteiger partial charge in [-0.25, -0.2) is 0 Å². The first-order valence-corrected chi connectivity index (χ1v) is 6.91. The van der Waals surface area contributed by atoms with Crippen LogP contribution in [-0.2, 0) is 12.4 Å². The fraction of sp³-hybridized carbons (Fsp3) is 0.333. The predicted octanol–water partition coefficient (Wildman–Crippen LogP) is 3.67. The Bertz CT molecular complexity index is 677. The Labute approximate surface area is 177 Å². The zero-order chi connectivity index (χ0) is 18.8. The molecular weight excluding hydrogens is 494 g/mol. The molecule has 2 atom stereocenters. The van der Waals surface area contributed by atoms with Gasteiger partial charge in [0.15, 0.2) is 0 Å². The van der Waals surface area contributed by atoms with Crippen LogP contribution in [0.5, 0.6) is 0 Å². The molecule has 2 heterocycles. The van der Waals surface area contributed by atoms with Crippen LogP contribution in [0.25, 0.3) is 0 Å². The first-order chi connectivity index (χ1) is 11.5. The average molecular weight is 506 g/mol. The average Bonchev–Trinajstić information content (AvgIpc) is 2.53. The molecule has 2 aromatic heterocycles. The van der Waals surface area contributed by atoms with Crippen LogP contribution in [-0.4, -0.2) is 20.2 Å². The molecule has 0 aliphatic rings. The van der Waals surface area contributed by atoms with E-state index in [1.807, 2.05) is 0 Å². The zero-order valence-corrected chi connectivity index (χ0v) is 16.0. The monoisotopic (exact) mass is 506 g/mol. The smallest absolute Gasteiger partial charge is 0.388 e. The summed E-state index contributed by atoms with van der Waals surface area (Å²) in [5.74, 6) is 0. The molecule has 26 heavy (non-hydrogen) atoms. The van der Waals surface area contributed by atoms with Crippen LogP contribution < -0.4 is 0 Å². The Morgan fingerprint density at radius 3 is 1.42 bits per heavy atom. The number of alkyl halides is 6. The first-order valence-electron chi connectivity index (χ1n) is 6.91. The van der Waals surface area contributed by atoms with E-state index in [2.05, 4.69) is 9.97 Å². The van der Waals surface area contributed by atoms with Gasteiger partial charge < -0.3 is 10.2 Å². The van der Waals surface area contributed by atoms with Crippen LogP contribution in [0, 0.1) is 41.7 Å². The third-order valence-corrected chi connectivity index (χ3v) is 3.36. The van der Waals surface area contributed by atoms with E-state index in [4.69, 9.17) is 0 Å². The molecule has 0 saturated carbocycles. The van der Waals surface area contributed by atoms with Crippen molar-refractivity contribution in [1.29, 1.82) is 0 Å². The zero-order valence-electron chi connectivity index (χ0n) is 12.9. The van der Waals surface area contributed by atoms with E-state index in [0.717, 1.165) is 24.5 Å². The third-order valence-electron chi connectivity index (χ3n) is 3.36. The van der Waals surface area contributed by atoms with Gasteiger partial charge in [0.2, 0.25) is 0 Å². The second-order valence-electron chi connectivity index (χ2n) is 5.21. The van der Waals surface area contributed by atoms with E-state index in [1.165, 1.54) is 0 Å². The van der Waals surface area contributed by atoms with Crippen LogP contribution in [0.1, 0.15) is 41.1 Å². The van der Waals surface area contributed by atoms with E-state index < -0.39 is 42.4 Å². The molecule has 0 aliphatic carbocycles. The summed E-state index contributed by atoms with van der Waals surface area (Å²) in [5.41, 5.74) is -2.76. The Kier molecular flexibility index (Phi) is 7.96. The number of rotatable bonds is 4. The maximum atomic E-state index is 12.6. The number of aliphatic hydroxyl groups excluding tert-OH is 2. The molecule has 0 saturated heterocycles. The molecule has 0 radical (unpaired) electrons. The van der Waals surface area contributed by atoms with Crippen LogP contribution in [0.4, 0.5) is 26.3 Å². The molecule has 4 nitrogen and oxygen atoms in total. The van der Waals surface area contributed by atoms with Crippen LogP contribution in [0.2, 0.25) is 0 Å². The Morgan fingerprint density at radius 2 is 1.12 bits per heavy atom. The Hall–Kier alpha value is -0.823. The number of pyridine rings is 2. The van der Waals surface area contributed by atoms with Gasteiger partial charge in [0.25, 0.3) is 0 Å². The van der Waals surface area contributed by atoms with Crippen molar-refractivity contribution < 1.29 is 78.3 Å². The van der Waals surface area contributed by atoms with Crippen molar-refractivity contribution in [2.45, 2.75) is 31.0 Å². The minimum Gasteiger partial charge on any atom is -0.388 e. The summed E-state index contributed by atoms with van der Waals surface area (Å²) in [6.07, 6.45) is -11.3. The number of aromatic nitrogens is 2. The van der Waals surface area contributed by atoms with Crippen molar-refractivity contribution in [2.75, 3.05) is 0 Å². The van der Waals surface area contributed by atoms with Gasteiger partial charge in [-0.1, -0.05) is 0 Å². The van der Waals surface area contributed by atoms with Gasteiger partial charge in [0.05, 0.1) is 12.2 Å². The fourth-order valence-corrected chi connectivity index (χ4v) is 2.10. The fourth-order valence-electron chi connectivity index (χ4n) is 2.10. The molecule has 2 unspecified atom stereocenters. The molecule has 11 heteroatoms. The van der Waals surface area contributed by atoms with Crippen LogP contribution in [0.15, 0.2) is 36.7 Å². The van der Waals surface area contributed by atoms with E-state index >= 15 is 0 Å². The van der Waals surface area contributed by atoms with E-state index in [9.17, 15) is 36.6 Å². The van der Waals surface area contributed by atoms with Gasteiger partial charge in [-0.15, -0.1) is 0 Å². The van der Waals surface area contributed by atoms with E-state index in [1.54, 1.807) is 0 Å². The second kappa shape index (κ2) is 8.91. The summed E-state index contributed by atoms with van der Waals surface area (Å²) in [5, 5.41) is 20.0. The number of halogens is 6. The first kappa shape index (κ1) is 23.2. The van der Waals surface area contributed by atoms with Gasteiger partial charge in [-0.05, 0) is 35.4 Å². The Morgan fingerprint density at radius 1 is 0.769 bits per heavy atom. The molecule has 0 fully saturated rings.